The maximum Gasteiger partial charge on any atom is 0.306 e. The first-order valence-electron chi connectivity index (χ1n) is 26.6. The number of ether oxygens (including phenoxy) is 3. The molecule has 0 rings (SSSR count). The van der Waals surface area contributed by atoms with Gasteiger partial charge >= 0.3 is 17.9 Å². The largest absolute Gasteiger partial charge is 0.462 e. The van der Waals surface area contributed by atoms with E-state index in [0.717, 1.165) is 96.3 Å². The summed E-state index contributed by atoms with van der Waals surface area (Å²) in [4.78, 5) is 38.0. The van der Waals surface area contributed by atoms with Crippen molar-refractivity contribution >= 4 is 17.9 Å². The van der Waals surface area contributed by atoms with Crippen LogP contribution >= 0.6 is 0 Å². The van der Waals surface area contributed by atoms with Crippen LogP contribution in [0.2, 0.25) is 0 Å². The van der Waals surface area contributed by atoms with Gasteiger partial charge in [0.2, 0.25) is 0 Å². The monoisotopic (exact) mass is 869 g/mol. The van der Waals surface area contributed by atoms with E-state index in [4.69, 9.17) is 14.2 Å². The molecule has 0 saturated carbocycles. The summed E-state index contributed by atoms with van der Waals surface area (Å²) in [6, 6.07) is 0. The second-order valence-electron chi connectivity index (χ2n) is 17.8. The summed E-state index contributed by atoms with van der Waals surface area (Å²) in [5.74, 6) is -0.890. The van der Waals surface area contributed by atoms with Crippen molar-refractivity contribution in [2.24, 2.45) is 0 Å². The fourth-order valence-corrected chi connectivity index (χ4v) is 7.61. The van der Waals surface area contributed by atoms with E-state index in [9.17, 15) is 14.4 Å². The quantitative estimate of drug-likeness (QED) is 0.0262. The maximum absolute atomic E-state index is 12.8. The molecule has 0 heterocycles. The van der Waals surface area contributed by atoms with Crippen molar-refractivity contribution in [2.45, 2.75) is 277 Å². The predicted molar refractivity (Wildman–Crippen MR) is 265 cm³/mol. The molecular weight excluding hydrogens is 769 g/mol. The molecule has 0 aliphatic rings. The van der Waals surface area contributed by atoms with Crippen LogP contribution in [0.1, 0.15) is 271 Å². The molecule has 0 aromatic rings. The Morgan fingerprint density at radius 1 is 0.339 bits per heavy atom. The lowest BCUT2D eigenvalue weighted by molar-refractivity contribution is -0.167. The minimum Gasteiger partial charge on any atom is -0.462 e. The lowest BCUT2D eigenvalue weighted by Crippen LogP contribution is -2.30. The molecule has 0 amide bonds. The highest BCUT2D eigenvalue weighted by Gasteiger charge is 2.19. The summed E-state index contributed by atoms with van der Waals surface area (Å²) >= 11 is 0. The van der Waals surface area contributed by atoms with Gasteiger partial charge < -0.3 is 14.2 Å². The molecule has 0 saturated heterocycles. The van der Waals surface area contributed by atoms with Gasteiger partial charge in [-0.15, -0.1) is 0 Å². The number of hydrogen-bond donors (Lipinski definition) is 0. The van der Waals surface area contributed by atoms with E-state index in [2.05, 4.69) is 69.4 Å². The number of allylic oxidation sites excluding steroid dienone is 8. The van der Waals surface area contributed by atoms with Crippen molar-refractivity contribution in [1.82, 2.24) is 0 Å². The standard InChI is InChI=1S/C56H100O6/c1-4-7-10-13-16-19-22-25-27-28-30-31-34-37-40-43-46-49-55(58)61-52-53(51-60-54(57)48-45-42-39-36-33-24-21-18-15-12-9-6-3)62-56(59)50-47-44-41-38-35-32-29-26-23-20-17-14-11-8-5-2/h7,10,16,19,25,27,30-31,53H,4-6,8-9,11-15,17-18,20-24,26,28-29,32-52H2,1-3H3/b10-7-,19-16-,27-25-,31-30-/t53-/m0/s1. The third kappa shape index (κ3) is 48.4. The molecule has 6 nitrogen and oxygen atoms in total. The van der Waals surface area contributed by atoms with E-state index < -0.39 is 6.10 Å². The first-order valence-corrected chi connectivity index (χ1v) is 26.6. The van der Waals surface area contributed by atoms with Crippen LogP contribution in [-0.2, 0) is 28.6 Å². The fraction of sp³-hybridized carbons (Fsp3) is 0.804. The van der Waals surface area contributed by atoms with E-state index in [1.54, 1.807) is 0 Å². The van der Waals surface area contributed by atoms with Crippen molar-refractivity contribution in [3.8, 4) is 0 Å². The zero-order chi connectivity index (χ0) is 45.1. The molecular formula is C56H100O6. The van der Waals surface area contributed by atoms with Crippen molar-refractivity contribution < 1.29 is 28.6 Å². The van der Waals surface area contributed by atoms with Gasteiger partial charge in [0.25, 0.3) is 0 Å². The van der Waals surface area contributed by atoms with Crippen LogP contribution in [0, 0.1) is 0 Å². The van der Waals surface area contributed by atoms with Gasteiger partial charge in [0.15, 0.2) is 6.10 Å². The molecule has 0 N–H and O–H groups in total. The molecule has 0 fully saturated rings. The van der Waals surface area contributed by atoms with E-state index in [1.807, 2.05) is 0 Å². The van der Waals surface area contributed by atoms with Crippen LogP contribution in [0.15, 0.2) is 48.6 Å². The Morgan fingerprint density at radius 2 is 0.629 bits per heavy atom. The normalized spacial score (nSPS) is 12.4. The molecule has 1 atom stereocenters. The van der Waals surface area contributed by atoms with Crippen molar-refractivity contribution in [1.29, 1.82) is 0 Å². The number of esters is 3. The average Bonchev–Trinajstić information content (AvgIpc) is 3.27. The summed E-state index contributed by atoms with van der Waals surface area (Å²) < 4.78 is 16.8. The van der Waals surface area contributed by atoms with Gasteiger partial charge in [0.1, 0.15) is 13.2 Å². The van der Waals surface area contributed by atoms with Crippen LogP contribution in [0.5, 0.6) is 0 Å². The number of unbranched alkanes of at least 4 members (excludes halogenated alkanes) is 29. The molecule has 0 bridgehead atoms. The van der Waals surface area contributed by atoms with Crippen LogP contribution in [-0.4, -0.2) is 37.2 Å². The van der Waals surface area contributed by atoms with Crippen LogP contribution < -0.4 is 0 Å². The van der Waals surface area contributed by atoms with E-state index in [0.29, 0.717) is 19.3 Å². The molecule has 0 aliphatic heterocycles. The average molecular weight is 869 g/mol. The first-order chi connectivity index (χ1) is 30.5. The zero-order valence-corrected chi connectivity index (χ0v) is 41.1. The molecule has 0 aromatic heterocycles. The Kier molecular flexibility index (Phi) is 48.8. The Balaban J connectivity index is 4.38. The molecule has 0 spiro atoms. The van der Waals surface area contributed by atoms with Gasteiger partial charge in [-0.05, 0) is 57.8 Å². The highest BCUT2D eigenvalue weighted by molar-refractivity contribution is 5.71. The summed E-state index contributed by atoms with van der Waals surface area (Å²) in [5, 5.41) is 0. The smallest absolute Gasteiger partial charge is 0.306 e. The molecule has 0 aliphatic carbocycles. The van der Waals surface area contributed by atoms with E-state index in [1.165, 1.54) is 135 Å². The summed E-state index contributed by atoms with van der Waals surface area (Å²) in [6.45, 7) is 6.52. The van der Waals surface area contributed by atoms with Gasteiger partial charge in [0, 0.05) is 19.3 Å². The van der Waals surface area contributed by atoms with Crippen molar-refractivity contribution in [3.63, 3.8) is 0 Å². The van der Waals surface area contributed by atoms with Gasteiger partial charge in [0.05, 0.1) is 0 Å². The van der Waals surface area contributed by atoms with Gasteiger partial charge in [-0.1, -0.05) is 243 Å². The van der Waals surface area contributed by atoms with Crippen LogP contribution in [0.25, 0.3) is 0 Å². The molecule has 62 heavy (non-hydrogen) atoms. The fourth-order valence-electron chi connectivity index (χ4n) is 7.61. The SMILES string of the molecule is CC/C=C\C/C=C\C/C=C\C/C=C\CCCCCCC(=O)OC[C@H](COC(=O)CCCCCCCCCCCCCC)OC(=O)CCCCCCCCCCCCCCCCC. The first kappa shape index (κ1) is 59.4. The summed E-state index contributed by atoms with van der Waals surface area (Å²) in [7, 11) is 0. The lowest BCUT2D eigenvalue weighted by Gasteiger charge is -2.18. The summed E-state index contributed by atoms with van der Waals surface area (Å²) in [6.07, 6.45) is 60.9. The number of carbonyl (C=O) groups excluding carboxylic acids is 3. The van der Waals surface area contributed by atoms with E-state index >= 15 is 0 Å². The molecule has 0 aromatic carbocycles. The third-order valence-corrected chi connectivity index (χ3v) is 11.6. The number of rotatable bonds is 48. The Morgan fingerprint density at radius 3 is 0.984 bits per heavy atom. The molecule has 0 unspecified atom stereocenters. The minimum absolute atomic E-state index is 0.0771. The molecule has 6 heteroatoms. The highest BCUT2D eigenvalue weighted by Crippen LogP contribution is 2.16. The lowest BCUT2D eigenvalue weighted by atomic mass is 10.0. The molecule has 0 radical (unpaired) electrons. The minimum atomic E-state index is -0.778. The van der Waals surface area contributed by atoms with Crippen molar-refractivity contribution in [3.05, 3.63) is 48.6 Å². The van der Waals surface area contributed by atoms with Crippen molar-refractivity contribution in [2.75, 3.05) is 13.2 Å². The Labute approximate surface area is 384 Å². The van der Waals surface area contributed by atoms with Crippen LogP contribution in [0.4, 0.5) is 0 Å². The van der Waals surface area contributed by atoms with Crippen LogP contribution in [0.3, 0.4) is 0 Å². The Bertz CT molecular complexity index is 1090. The Hall–Kier alpha value is -2.63. The number of carbonyl (C=O) groups is 3. The second kappa shape index (κ2) is 51.0. The number of hydrogen-bond acceptors (Lipinski definition) is 6. The maximum atomic E-state index is 12.8. The second-order valence-corrected chi connectivity index (χ2v) is 17.8. The van der Waals surface area contributed by atoms with E-state index in [-0.39, 0.29) is 31.1 Å². The van der Waals surface area contributed by atoms with Gasteiger partial charge in [-0.25, -0.2) is 0 Å². The van der Waals surface area contributed by atoms with Gasteiger partial charge in [-0.2, -0.15) is 0 Å². The molecule has 360 valence electrons. The summed E-state index contributed by atoms with van der Waals surface area (Å²) in [5.41, 5.74) is 0. The van der Waals surface area contributed by atoms with Gasteiger partial charge in [-0.3, -0.25) is 14.4 Å². The highest BCUT2D eigenvalue weighted by atomic mass is 16.6. The predicted octanol–water partition coefficient (Wildman–Crippen LogP) is 17.5. The third-order valence-electron chi connectivity index (χ3n) is 11.6. The zero-order valence-electron chi connectivity index (χ0n) is 41.1. The topological polar surface area (TPSA) is 78.9 Å².